The minimum absolute atomic E-state index is 0.200. The van der Waals surface area contributed by atoms with Crippen LogP contribution >= 0.6 is 0 Å². The van der Waals surface area contributed by atoms with Crippen molar-refractivity contribution in [2.24, 2.45) is 0 Å². The number of aliphatic hydroxyl groups is 1. The Morgan fingerprint density at radius 3 is 2.43 bits per heavy atom. The monoisotopic (exact) mass is 324 g/mol. The molecular formula is C15H24N4O4. The molecule has 0 bridgehead atoms. The summed E-state index contributed by atoms with van der Waals surface area (Å²) in [5.74, 6) is -0.330. The SMILES string of the molecule is CC(C)(C)OC(=O)N1CCN(C(=O)[C@H](O)Cc2cnc[nH]2)CC1. The molecular weight excluding hydrogens is 300 g/mol. The lowest BCUT2D eigenvalue weighted by molar-refractivity contribution is -0.141. The molecule has 2 heterocycles. The van der Waals surface area contributed by atoms with Crippen LogP contribution in [0.1, 0.15) is 26.5 Å². The summed E-state index contributed by atoms with van der Waals surface area (Å²) >= 11 is 0. The Bertz CT molecular complexity index is 530. The molecule has 0 radical (unpaired) electrons. The largest absolute Gasteiger partial charge is 0.444 e. The zero-order chi connectivity index (χ0) is 17.0. The fourth-order valence-electron chi connectivity index (χ4n) is 2.34. The van der Waals surface area contributed by atoms with Gasteiger partial charge in [0.05, 0.1) is 6.33 Å². The summed E-state index contributed by atoms with van der Waals surface area (Å²) in [6.07, 6.45) is 1.81. The molecule has 0 aromatic carbocycles. The van der Waals surface area contributed by atoms with E-state index in [2.05, 4.69) is 9.97 Å². The van der Waals surface area contributed by atoms with Crippen LogP contribution in [0.2, 0.25) is 0 Å². The van der Waals surface area contributed by atoms with Gasteiger partial charge in [-0.3, -0.25) is 4.79 Å². The van der Waals surface area contributed by atoms with Crippen LogP contribution in [0.25, 0.3) is 0 Å². The van der Waals surface area contributed by atoms with Crippen LogP contribution in [-0.2, 0) is 16.0 Å². The normalized spacial score (nSPS) is 17.0. The van der Waals surface area contributed by atoms with E-state index < -0.39 is 11.7 Å². The lowest BCUT2D eigenvalue weighted by atomic mass is 10.1. The molecule has 1 aliphatic heterocycles. The van der Waals surface area contributed by atoms with Crippen molar-refractivity contribution < 1.29 is 19.4 Å². The van der Waals surface area contributed by atoms with E-state index in [1.165, 1.54) is 6.33 Å². The van der Waals surface area contributed by atoms with Crippen LogP contribution in [0.4, 0.5) is 4.79 Å². The highest BCUT2D eigenvalue weighted by Crippen LogP contribution is 2.13. The number of carbonyl (C=O) groups is 2. The summed E-state index contributed by atoms with van der Waals surface area (Å²) in [5.41, 5.74) is 0.169. The first-order chi connectivity index (χ1) is 10.8. The number of piperazine rings is 1. The molecule has 0 aliphatic carbocycles. The fraction of sp³-hybridized carbons (Fsp3) is 0.667. The third-order valence-corrected chi connectivity index (χ3v) is 3.50. The number of nitrogens with one attached hydrogen (secondary N) is 1. The van der Waals surface area contributed by atoms with E-state index in [1.54, 1.807) is 16.0 Å². The third-order valence-electron chi connectivity index (χ3n) is 3.50. The van der Waals surface area contributed by atoms with Crippen LogP contribution in [0, 0.1) is 0 Å². The maximum absolute atomic E-state index is 12.2. The Balaban J connectivity index is 1.81. The van der Waals surface area contributed by atoms with Gasteiger partial charge in [0, 0.05) is 44.5 Å². The van der Waals surface area contributed by atoms with Gasteiger partial charge in [-0.25, -0.2) is 9.78 Å². The number of aromatic amines is 1. The van der Waals surface area contributed by atoms with Crippen molar-refractivity contribution in [2.75, 3.05) is 26.2 Å². The molecule has 0 unspecified atom stereocenters. The summed E-state index contributed by atoms with van der Waals surface area (Å²) in [6.45, 7) is 7.02. The Hall–Kier alpha value is -2.09. The highest BCUT2D eigenvalue weighted by molar-refractivity contribution is 5.81. The van der Waals surface area contributed by atoms with E-state index >= 15 is 0 Å². The number of amides is 2. The van der Waals surface area contributed by atoms with Gasteiger partial charge in [0.25, 0.3) is 5.91 Å². The van der Waals surface area contributed by atoms with Crippen LogP contribution < -0.4 is 0 Å². The number of aliphatic hydroxyl groups excluding tert-OH is 1. The first-order valence-corrected chi connectivity index (χ1v) is 7.68. The van der Waals surface area contributed by atoms with Gasteiger partial charge in [-0.1, -0.05) is 0 Å². The number of carbonyl (C=O) groups excluding carboxylic acids is 2. The van der Waals surface area contributed by atoms with Gasteiger partial charge in [-0.15, -0.1) is 0 Å². The average Bonchev–Trinajstić information content (AvgIpc) is 2.97. The highest BCUT2D eigenvalue weighted by Gasteiger charge is 2.30. The first kappa shape index (κ1) is 17.3. The summed E-state index contributed by atoms with van der Waals surface area (Å²) in [4.78, 5) is 34.1. The molecule has 23 heavy (non-hydrogen) atoms. The van der Waals surface area contributed by atoms with Gasteiger partial charge in [-0.05, 0) is 20.8 Å². The number of ether oxygens (including phenoxy) is 1. The minimum atomic E-state index is -1.11. The zero-order valence-electron chi connectivity index (χ0n) is 13.8. The van der Waals surface area contributed by atoms with Crippen molar-refractivity contribution >= 4 is 12.0 Å². The molecule has 1 aromatic heterocycles. The van der Waals surface area contributed by atoms with E-state index in [1.807, 2.05) is 20.8 Å². The fourth-order valence-corrected chi connectivity index (χ4v) is 2.34. The summed E-state index contributed by atoms with van der Waals surface area (Å²) in [6, 6.07) is 0. The molecule has 1 aromatic rings. The van der Waals surface area contributed by atoms with Crippen molar-refractivity contribution in [3.8, 4) is 0 Å². The summed E-state index contributed by atoms with van der Waals surface area (Å²) in [5, 5.41) is 10.0. The molecule has 0 saturated carbocycles. The highest BCUT2D eigenvalue weighted by atomic mass is 16.6. The molecule has 2 amide bonds. The second-order valence-corrected chi connectivity index (χ2v) is 6.59. The van der Waals surface area contributed by atoms with E-state index in [9.17, 15) is 14.7 Å². The molecule has 1 aliphatic rings. The molecule has 1 fully saturated rings. The van der Waals surface area contributed by atoms with Crippen molar-refractivity contribution in [3.63, 3.8) is 0 Å². The molecule has 1 saturated heterocycles. The van der Waals surface area contributed by atoms with Gasteiger partial charge < -0.3 is 24.6 Å². The van der Waals surface area contributed by atoms with Crippen LogP contribution in [0.5, 0.6) is 0 Å². The maximum atomic E-state index is 12.2. The number of imidazole rings is 1. The third kappa shape index (κ3) is 4.95. The molecule has 128 valence electrons. The van der Waals surface area contributed by atoms with Crippen molar-refractivity contribution in [1.29, 1.82) is 0 Å². The second kappa shape index (κ2) is 6.99. The average molecular weight is 324 g/mol. The Kier molecular flexibility index (Phi) is 5.25. The van der Waals surface area contributed by atoms with Crippen LogP contribution in [0.15, 0.2) is 12.5 Å². The molecule has 8 nitrogen and oxygen atoms in total. The van der Waals surface area contributed by atoms with Gasteiger partial charge in [0.2, 0.25) is 0 Å². The van der Waals surface area contributed by atoms with Gasteiger partial charge >= 0.3 is 6.09 Å². The molecule has 2 rings (SSSR count). The van der Waals surface area contributed by atoms with Gasteiger partial charge in [0.15, 0.2) is 0 Å². The standard InChI is InChI=1S/C15H24N4O4/c1-15(2,3)23-14(22)19-6-4-18(5-7-19)13(21)12(20)8-11-9-16-10-17-11/h9-10,12,20H,4-8H2,1-3H3,(H,16,17)/t12-/m1/s1. The molecule has 8 heteroatoms. The van der Waals surface area contributed by atoms with Crippen molar-refractivity contribution in [2.45, 2.75) is 38.9 Å². The van der Waals surface area contributed by atoms with Gasteiger partial charge in [0.1, 0.15) is 11.7 Å². The summed E-state index contributed by atoms with van der Waals surface area (Å²) < 4.78 is 5.31. The second-order valence-electron chi connectivity index (χ2n) is 6.59. The number of hydrogen-bond donors (Lipinski definition) is 2. The quantitative estimate of drug-likeness (QED) is 0.838. The Morgan fingerprint density at radius 1 is 1.30 bits per heavy atom. The Labute approximate surface area is 135 Å². The van der Waals surface area contributed by atoms with Gasteiger partial charge in [-0.2, -0.15) is 0 Å². The van der Waals surface area contributed by atoms with Crippen molar-refractivity contribution in [3.05, 3.63) is 18.2 Å². The maximum Gasteiger partial charge on any atom is 0.410 e. The lowest BCUT2D eigenvalue weighted by Crippen LogP contribution is -2.53. The Morgan fingerprint density at radius 2 is 1.91 bits per heavy atom. The zero-order valence-corrected chi connectivity index (χ0v) is 13.8. The van der Waals surface area contributed by atoms with E-state index in [-0.39, 0.29) is 18.4 Å². The van der Waals surface area contributed by atoms with E-state index in [4.69, 9.17) is 4.74 Å². The number of hydrogen-bond acceptors (Lipinski definition) is 5. The number of H-pyrrole nitrogens is 1. The smallest absolute Gasteiger partial charge is 0.410 e. The van der Waals surface area contributed by atoms with Crippen molar-refractivity contribution in [1.82, 2.24) is 19.8 Å². The number of aromatic nitrogens is 2. The van der Waals surface area contributed by atoms with Crippen LogP contribution in [0.3, 0.4) is 0 Å². The molecule has 1 atom stereocenters. The van der Waals surface area contributed by atoms with Crippen LogP contribution in [-0.4, -0.2) is 74.8 Å². The molecule has 0 spiro atoms. The molecule has 2 N–H and O–H groups in total. The number of nitrogens with zero attached hydrogens (tertiary/aromatic N) is 3. The topological polar surface area (TPSA) is 98.8 Å². The number of rotatable bonds is 3. The van der Waals surface area contributed by atoms with E-state index in [0.29, 0.717) is 31.9 Å². The minimum Gasteiger partial charge on any atom is -0.444 e. The predicted octanol–water partition coefficient (Wildman–Crippen LogP) is 0.392. The first-order valence-electron chi connectivity index (χ1n) is 7.68. The lowest BCUT2D eigenvalue weighted by Gasteiger charge is -2.36. The van der Waals surface area contributed by atoms with E-state index in [0.717, 1.165) is 0 Å². The summed E-state index contributed by atoms with van der Waals surface area (Å²) in [7, 11) is 0. The predicted molar refractivity (Wildman–Crippen MR) is 82.7 cm³/mol.